The zero-order valence-electron chi connectivity index (χ0n) is 19.7. The molecular formula is C29H35N2OS+. The van der Waals surface area contributed by atoms with Crippen molar-refractivity contribution >= 4 is 17.7 Å². The van der Waals surface area contributed by atoms with E-state index in [9.17, 15) is 4.79 Å². The molecule has 3 nitrogen and oxygen atoms in total. The normalized spacial score (nSPS) is 20.6. The van der Waals surface area contributed by atoms with Gasteiger partial charge in [0.15, 0.2) is 0 Å². The highest BCUT2D eigenvalue weighted by molar-refractivity contribution is 7.99. The van der Waals surface area contributed by atoms with E-state index >= 15 is 0 Å². The molecule has 1 aliphatic heterocycles. The van der Waals surface area contributed by atoms with Crippen molar-refractivity contribution in [2.45, 2.75) is 30.1 Å². The molecule has 0 aliphatic carbocycles. The summed E-state index contributed by atoms with van der Waals surface area (Å²) in [5.74, 6) is 1.04. The number of hydrogen-bond acceptors (Lipinski definition) is 2. The first-order chi connectivity index (χ1) is 15.9. The van der Waals surface area contributed by atoms with E-state index in [0.29, 0.717) is 0 Å². The van der Waals surface area contributed by atoms with Gasteiger partial charge in [0.2, 0.25) is 5.91 Å². The maximum absolute atomic E-state index is 13.3. The number of nitrogens with two attached hydrogens (primary N) is 1. The van der Waals surface area contributed by atoms with Gasteiger partial charge in [0, 0.05) is 29.4 Å². The van der Waals surface area contributed by atoms with Crippen molar-refractivity contribution in [2.75, 3.05) is 32.4 Å². The predicted molar refractivity (Wildman–Crippen MR) is 138 cm³/mol. The minimum Gasteiger partial charge on any atom is -0.369 e. The number of amides is 1. The van der Waals surface area contributed by atoms with E-state index < -0.39 is 5.41 Å². The maximum Gasteiger partial charge on any atom is 0.233 e. The Hall–Kier alpha value is -2.56. The Labute approximate surface area is 202 Å². The Morgan fingerprint density at radius 1 is 0.970 bits per heavy atom. The van der Waals surface area contributed by atoms with Crippen LogP contribution in [0.2, 0.25) is 0 Å². The Kier molecular flexibility index (Phi) is 7.26. The number of quaternary nitrogens is 1. The Morgan fingerprint density at radius 3 is 2.09 bits per heavy atom. The molecular weight excluding hydrogens is 424 g/mol. The Bertz CT molecular complexity index is 1010. The molecule has 4 rings (SSSR count). The lowest BCUT2D eigenvalue weighted by Crippen LogP contribution is -2.51. The van der Waals surface area contributed by atoms with Crippen molar-refractivity contribution in [2.24, 2.45) is 11.7 Å². The largest absolute Gasteiger partial charge is 0.369 e. The fourth-order valence-electron chi connectivity index (χ4n) is 5.54. The summed E-state index contributed by atoms with van der Waals surface area (Å²) in [6, 6.07) is 29.1. The number of carbonyl (C=O) groups excluding carboxylic acids is 1. The summed E-state index contributed by atoms with van der Waals surface area (Å²) < 4.78 is 0.994. The second-order valence-corrected chi connectivity index (χ2v) is 10.8. The van der Waals surface area contributed by atoms with E-state index in [2.05, 4.69) is 62.5 Å². The van der Waals surface area contributed by atoms with Gasteiger partial charge in [0.1, 0.15) is 5.41 Å². The first kappa shape index (κ1) is 23.6. The zero-order chi connectivity index (χ0) is 23.3. The number of rotatable bonds is 9. The lowest BCUT2D eigenvalue weighted by atomic mass is 9.64. The van der Waals surface area contributed by atoms with Gasteiger partial charge in [-0.2, -0.15) is 0 Å². The summed E-state index contributed by atoms with van der Waals surface area (Å²) in [5.41, 5.74) is 8.78. The summed E-state index contributed by atoms with van der Waals surface area (Å²) in [7, 11) is 2.35. The Morgan fingerprint density at radius 2 is 1.55 bits per heavy atom. The molecule has 0 spiro atoms. The molecule has 172 valence electrons. The minimum atomic E-state index is -0.796. The summed E-state index contributed by atoms with van der Waals surface area (Å²) in [5, 5.41) is 0. The molecule has 1 amide bonds. The number of hydrogen-bond donors (Lipinski definition) is 1. The third kappa shape index (κ3) is 5.02. The standard InChI is InChI=1S/C29H34N2OS/c1-23-14-16-27(17-15-23)33-21-9-19-31(2)20-18-26(22-31)29(28(30)32,24-10-5-3-6-11-24)25-12-7-4-8-13-25/h3-8,10-17,26H,9,18-22H2,1-2H3,(H-,30,32)/p+1/t26?,31-/m1/s1. The quantitative estimate of drug-likeness (QED) is 0.264. The van der Waals surface area contributed by atoms with E-state index in [1.165, 1.54) is 10.5 Å². The lowest BCUT2D eigenvalue weighted by molar-refractivity contribution is -0.899. The van der Waals surface area contributed by atoms with Crippen LogP contribution in [0, 0.1) is 12.8 Å². The van der Waals surface area contributed by atoms with E-state index in [1.807, 2.05) is 48.2 Å². The molecule has 3 aromatic carbocycles. The van der Waals surface area contributed by atoms with Crippen molar-refractivity contribution in [3.63, 3.8) is 0 Å². The molecule has 0 aromatic heterocycles. The van der Waals surface area contributed by atoms with Crippen molar-refractivity contribution in [1.82, 2.24) is 0 Å². The first-order valence-corrected chi connectivity index (χ1v) is 12.9. The zero-order valence-corrected chi connectivity index (χ0v) is 20.6. The molecule has 0 radical (unpaired) electrons. The summed E-state index contributed by atoms with van der Waals surface area (Å²) in [6.45, 7) is 5.28. The highest BCUT2D eigenvalue weighted by atomic mass is 32.2. The van der Waals surface area contributed by atoms with Crippen molar-refractivity contribution in [3.8, 4) is 0 Å². The second kappa shape index (κ2) is 10.1. The average Bonchev–Trinajstić information content (AvgIpc) is 3.22. The van der Waals surface area contributed by atoms with Crippen LogP contribution >= 0.6 is 11.8 Å². The molecule has 2 atom stereocenters. The van der Waals surface area contributed by atoms with E-state index in [0.717, 1.165) is 53.8 Å². The smallest absolute Gasteiger partial charge is 0.233 e. The van der Waals surface area contributed by atoms with Crippen LogP contribution in [-0.2, 0) is 10.2 Å². The molecule has 0 saturated carbocycles. The highest BCUT2D eigenvalue weighted by Crippen LogP contribution is 2.45. The van der Waals surface area contributed by atoms with Crippen LogP contribution in [0.4, 0.5) is 0 Å². The van der Waals surface area contributed by atoms with Gasteiger partial charge in [0.05, 0.1) is 26.7 Å². The molecule has 2 N–H and O–H groups in total. The van der Waals surface area contributed by atoms with Crippen LogP contribution in [0.25, 0.3) is 0 Å². The predicted octanol–water partition coefficient (Wildman–Crippen LogP) is 5.42. The fraction of sp³-hybridized carbons (Fsp3) is 0.345. The number of primary amides is 1. The molecule has 1 fully saturated rings. The minimum absolute atomic E-state index is 0.176. The summed E-state index contributed by atoms with van der Waals surface area (Å²) in [6.07, 6.45) is 2.15. The number of nitrogens with zero attached hydrogens (tertiary/aromatic N) is 1. The van der Waals surface area contributed by atoms with Gasteiger partial charge in [-0.15, -0.1) is 11.8 Å². The van der Waals surface area contributed by atoms with Gasteiger partial charge in [-0.1, -0.05) is 78.4 Å². The van der Waals surface area contributed by atoms with Gasteiger partial charge >= 0.3 is 0 Å². The number of carbonyl (C=O) groups is 1. The van der Waals surface area contributed by atoms with Crippen molar-refractivity contribution < 1.29 is 9.28 Å². The third-order valence-electron chi connectivity index (χ3n) is 7.27. The summed E-state index contributed by atoms with van der Waals surface area (Å²) >= 11 is 1.93. The average molecular weight is 460 g/mol. The fourth-order valence-corrected chi connectivity index (χ4v) is 6.37. The van der Waals surface area contributed by atoms with Crippen molar-refractivity contribution in [1.29, 1.82) is 0 Å². The highest BCUT2D eigenvalue weighted by Gasteiger charge is 2.53. The number of likely N-dealkylation sites (tertiary alicyclic amines) is 1. The van der Waals surface area contributed by atoms with Crippen LogP contribution in [0.5, 0.6) is 0 Å². The molecule has 1 heterocycles. The number of thioether (sulfide) groups is 1. The second-order valence-electron chi connectivity index (χ2n) is 9.65. The van der Waals surface area contributed by atoms with Crippen LogP contribution in [0.1, 0.15) is 29.5 Å². The van der Waals surface area contributed by atoms with Crippen LogP contribution in [0.3, 0.4) is 0 Å². The van der Waals surface area contributed by atoms with Gasteiger partial charge in [-0.3, -0.25) is 4.79 Å². The van der Waals surface area contributed by atoms with Gasteiger partial charge < -0.3 is 10.2 Å². The first-order valence-electron chi connectivity index (χ1n) is 11.9. The molecule has 0 bridgehead atoms. The van der Waals surface area contributed by atoms with Crippen LogP contribution in [-0.4, -0.2) is 42.8 Å². The van der Waals surface area contributed by atoms with Gasteiger partial charge in [-0.05, 0) is 30.2 Å². The van der Waals surface area contributed by atoms with Gasteiger partial charge in [0.25, 0.3) is 0 Å². The molecule has 4 heteroatoms. The summed E-state index contributed by atoms with van der Waals surface area (Å²) in [4.78, 5) is 14.6. The molecule has 33 heavy (non-hydrogen) atoms. The topological polar surface area (TPSA) is 43.1 Å². The number of benzene rings is 3. The van der Waals surface area contributed by atoms with Crippen LogP contribution in [0.15, 0.2) is 89.8 Å². The van der Waals surface area contributed by atoms with E-state index in [-0.39, 0.29) is 11.8 Å². The van der Waals surface area contributed by atoms with E-state index in [1.54, 1.807) is 0 Å². The molecule has 1 unspecified atom stereocenters. The Balaban J connectivity index is 1.51. The maximum atomic E-state index is 13.3. The van der Waals surface area contributed by atoms with Crippen molar-refractivity contribution in [3.05, 3.63) is 102 Å². The number of aryl methyl sites for hydroxylation is 1. The molecule has 3 aromatic rings. The molecule has 1 aliphatic rings. The van der Waals surface area contributed by atoms with Gasteiger partial charge in [-0.25, -0.2) is 0 Å². The molecule has 1 saturated heterocycles. The van der Waals surface area contributed by atoms with E-state index in [4.69, 9.17) is 5.73 Å². The lowest BCUT2D eigenvalue weighted by Gasteiger charge is -2.38. The SMILES string of the molecule is Cc1ccc(SCCC[N@+]2(C)CCC(C(C(N)=O)(c3ccccc3)c3ccccc3)C2)cc1. The third-order valence-corrected chi connectivity index (χ3v) is 8.37. The van der Waals surface area contributed by atoms with Crippen LogP contribution < -0.4 is 5.73 Å². The monoisotopic (exact) mass is 459 g/mol.